The number of halogens is 4. The Morgan fingerprint density at radius 1 is 1.22 bits per heavy atom. The van der Waals surface area contributed by atoms with E-state index >= 15 is 0 Å². The van der Waals surface area contributed by atoms with Gasteiger partial charge in [-0.2, -0.15) is 18.4 Å². The molecule has 0 aromatic heterocycles. The largest absolute Gasteiger partial charge is 0.452 e. The number of rotatable bonds is 6. The molecular weight excluding hydrogens is 430 g/mol. The van der Waals surface area contributed by atoms with Crippen molar-refractivity contribution in [2.24, 2.45) is 11.7 Å². The average molecular weight is 449 g/mol. The minimum absolute atomic E-state index is 0.146. The molecule has 1 aliphatic heterocycles. The van der Waals surface area contributed by atoms with E-state index in [4.69, 9.17) is 15.7 Å². The highest BCUT2D eigenvalue weighted by molar-refractivity contribution is 5.83. The number of alkyl halides is 3. The summed E-state index contributed by atoms with van der Waals surface area (Å²) in [5.74, 6) is -2.85. The van der Waals surface area contributed by atoms with Crippen molar-refractivity contribution in [3.63, 3.8) is 0 Å². The molecule has 2 aromatic carbocycles. The van der Waals surface area contributed by atoms with E-state index in [0.29, 0.717) is 18.5 Å². The van der Waals surface area contributed by atoms with Crippen LogP contribution in [0, 0.1) is 23.1 Å². The number of carbonyl (C=O) groups is 2. The lowest BCUT2D eigenvalue weighted by Crippen LogP contribution is -2.37. The first kappa shape index (κ1) is 23.1. The second-order valence-corrected chi connectivity index (χ2v) is 7.44. The molecule has 2 N–H and O–H groups in total. The number of nitrogens with two attached hydrogens (primary N) is 1. The van der Waals surface area contributed by atoms with Gasteiger partial charge in [-0.25, -0.2) is 4.39 Å². The molecule has 0 saturated carbocycles. The van der Waals surface area contributed by atoms with Crippen LogP contribution in [0.4, 0.5) is 23.2 Å². The number of primary amides is 1. The van der Waals surface area contributed by atoms with Crippen LogP contribution in [0.2, 0.25) is 0 Å². The minimum atomic E-state index is -4.49. The lowest BCUT2D eigenvalue weighted by Gasteiger charge is -2.20. The molecule has 168 valence electrons. The molecular formula is C22H19F4N3O3. The first-order valence-corrected chi connectivity index (χ1v) is 9.69. The van der Waals surface area contributed by atoms with Gasteiger partial charge in [0.15, 0.2) is 6.10 Å². The molecule has 0 radical (unpaired) electrons. The molecule has 1 heterocycles. The first-order chi connectivity index (χ1) is 15.1. The van der Waals surface area contributed by atoms with Gasteiger partial charge in [0.2, 0.25) is 0 Å². The molecule has 2 aromatic rings. The molecule has 2 atom stereocenters. The van der Waals surface area contributed by atoms with Gasteiger partial charge < -0.3 is 15.4 Å². The third-order valence-corrected chi connectivity index (χ3v) is 5.22. The third-order valence-electron chi connectivity index (χ3n) is 5.22. The topological polar surface area (TPSA) is 96.4 Å². The summed E-state index contributed by atoms with van der Waals surface area (Å²) >= 11 is 0. The van der Waals surface area contributed by atoms with Gasteiger partial charge in [0.25, 0.3) is 5.91 Å². The zero-order valence-electron chi connectivity index (χ0n) is 16.7. The molecule has 0 aliphatic carbocycles. The average Bonchev–Trinajstić information content (AvgIpc) is 3.22. The Morgan fingerprint density at radius 2 is 1.91 bits per heavy atom. The Hall–Kier alpha value is -3.61. The second-order valence-electron chi connectivity index (χ2n) is 7.44. The van der Waals surface area contributed by atoms with Crippen LogP contribution >= 0.6 is 0 Å². The van der Waals surface area contributed by atoms with E-state index in [9.17, 15) is 27.2 Å². The zero-order valence-corrected chi connectivity index (χ0v) is 16.7. The number of carbonyl (C=O) groups excluding carboxylic acids is 2. The molecule has 10 heteroatoms. The summed E-state index contributed by atoms with van der Waals surface area (Å²) in [6, 6.07) is 10.0. The smallest absolute Gasteiger partial charge is 0.416 e. The number of ether oxygens (including phenoxy) is 1. The van der Waals surface area contributed by atoms with Crippen molar-refractivity contribution in [3.05, 3.63) is 65.0 Å². The number of amides is 1. The van der Waals surface area contributed by atoms with Gasteiger partial charge in [-0.3, -0.25) is 9.59 Å². The standard InChI is InChI=1S/C22H19F4N3O3/c23-17-9-14(11-27)3-6-18(17)29-8-7-15(12-29)21(31)32-19(20(28)30)10-13-1-4-16(5-2-13)22(24,25)26/h1-6,9,15,19H,7-8,10,12H2,(H2,28,30). The van der Waals surface area contributed by atoms with Gasteiger partial charge >= 0.3 is 12.1 Å². The number of esters is 1. The lowest BCUT2D eigenvalue weighted by atomic mass is 10.0. The molecule has 1 saturated heterocycles. The van der Waals surface area contributed by atoms with E-state index in [1.54, 1.807) is 4.90 Å². The predicted molar refractivity (Wildman–Crippen MR) is 106 cm³/mol. The molecule has 1 aliphatic rings. The van der Waals surface area contributed by atoms with Crippen LogP contribution < -0.4 is 10.6 Å². The zero-order chi connectivity index (χ0) is 23.5. The highest BCUT2D eigenvalue weighted by Gasteiger charge is 2.34. The summed E-state index contributed by atoms with van der Waals surface area (Å²) in [5.41, 5.74) is 5.25. The summed E-state index contributed by atoms with van der Waals surface area (Å²) in [7, 11) is 0. The third kappa shape index (κ3) is 5.35. The van der Waals surface area contributed by atoms with Crippen LogP contribution in [0.5, 0.6) is 0 Å². The van der Waals surface area contributed by atoms with Gasteiger partial charge in [0, 0.05) is 19.5 Å². The van der Waals surface area contributed by atoms with Gasteiger partial charge in [0.05, 0.1) is 28.8 Å². The van der Waals surface area contributed by atoms with E-state index in [-0.39, 0.29) is 24.2 Å². The summed E-state index contributed by atoms with van der Waals surface area (Å²) in [4.78, 5) is 25.9. The number of anilines is 1. The number of nitriles is 1. The lowest BCUT2D eigenvalue weighted by molar-refractivity contribution is -0.158. The first-order valence-electron chi connectivity index (χ1n) is 9.69. The highest BCUT2D eigenvalue weighted by atomic mass is 19.4. The Bertz CT molecular complexity index is 1050. The van der Waals surface area contributed by atoms with Crippen LogP contribution in [-0.4, -0.2) is 31.1 Å². The van der Waals surface area contributed by atoms with Gasteiger partial charge in [0.1, 0.15) is 5.82 Å². The van der Waals surface area contributed by atoms with Crippen molar-refractivity contribution in [3.8, 4) is 6.07 Å². The maximum absolute atomic E-state index is 14.2. The number of benzene rings is 2. The van der Waals surface area contributed by atoms with Crippen molar-refractivity contribution in [2.45, 2.75) is 25.1 Å². The van der Waals surface area contributed by atoms with Crippen LogP contribution in [0.3, 0.4) is 0 Å². The summed E-state index contributed by atoms with van der Waals surface area (Å²) in [6.45, 7) is 0.510. The van der Waals surface area contributed by atoms with Crippen molar-refractivity contribution < 1.29 is 31.9 Å². The normalized spacial score (nSPS) is 17.0. The molecule has 0 bridgehead atoms. The van der Waals surface area contributed by atoms with Gasteiger partial charge in [-0.1, -0.05) is 12.1 Å². The fraction of sp³-hybridized carbons (Fsp3) is 0.318. The molecule has 32 heavy (non-hydrogen) atoms. The highest BCUT2D eigenvalue weighted by Crippen LogP contribution is 2.30. The van der Waals surface area contributed by atoms with E-state index in [2.05, 4.69) is 0 Å². The Kier molecular flexibility index (Phi) is 6.67. The summed E-state index contributed by atoms with van der Waals surface area (Å²) < 4.78 is 57.5. The van der Waals surface area contributed by atoms with Gasteiger partial charge in [-0.15, -0.1) is 0 Å². The maximum atomic E-state index is 14.2. The Labute approximate surface area is 181 Å². The fourth-order valence-electron chi connectivity index (χ4n) is 3.49. The Balaban J connectivity index is 1.63. The van der Waals surface area contributed by atoms with Crippen LogP contribution in [0.15, 0.2) is 42.5 Å². The monoisotopic (exact) mass is 449 g/mol. The Morgan fingerprint density at radius 3 is 2.47 bits per heavy atom. The summed E-state index contributed by atoms with van der Waals surface area (Å²) in [5, 5.41) is 8.84. The van der Waals surface area contributed by atoms with E-state index in [0.717, 1.165) is 18.2 Å². The molecule has 3 rings (SSSR count). The SMILES string of the molecule is N#Cc1ccc(N2CCC(C(=O)OC(Cc3ccc(C(F)(F)F)cc3)C(N)=O)C2)c(F)c1. The molecule has 6 nitrogen and oxygen atoms in total. The van der Waals surface area contributed by atoms with Gasteiger partial charge in [-0.05, 0) is 42.3 Å². The second kappa shape index (κ2) is 9.26. The van der Waals surface area contributed by atoms with E-state index in [1.807, 2.05) is 6.07 Å². The van der Waals surface area contributed by atoms with Crippen molar-refractivity contribution in [1.82, 2.24) is 0 Å². The number of nitrogens with zero attached hydrogens (tertiary/aromatic N) is 2. The van der Waals surface area contributed by atoms with E-state index < -0.39 is 41.5 Å². The molecule has 2 unspecified atom stereocenters. The fourth-order valence-corrected chi connectivity index (χ4v) is 3.49. The number of hydrogen-bond donors (Lipinski definition) is 1. The van der Waals surface area contributed by atoms with Crippen molar-refractivity contribution >= 4 is 17.6 Å². The van der Waals surface area contributed by atoms with Crippen molar-refractivity contribution in [1.29, 1.82) is 5.26 Å². The predicted octanol–water partition coefficient (Wildman–Crippen LogP) is 3.18. The van der Waals surface area contributed by atoms with Crippen LogP contribution in [-0.2, 0) is 26.9 Å². The van der Waals surface area contributed by atoms with Crippen LogP contribution in [0.25, 0.3) is 0 Å². The molecule has 1 fully saturated rings. The quantitative estimate of drug-likeness (QED) is 0.540. The van der Waals surface area contributed by atoms with Crippen molar-refractivity contribution in [2.75, 3.05) is 18.0 Å². The maximum Gasteiger partial charge on any atom is 0.416 e. The molecule has 0 spiro atoms. The van der Waals surface area contributed by atoms with E-state index in [1.165, 1.54) is 24.3 Å². The number of hydrogen-bond acceptors (Lipinski definition) is 5. The molecule has 1 amide bonds. The van der Waals surface area contributed by atoms with Crippen LogP contribution in [0.1, 0.15) is 23.1 Å². The summed E-state index contributed by atoms with van der Waals surface area (Å²) in [6.07, 6.45) is -5.65. The minimum Gasteiger partial charge on any atom is -0.452 e.